The van der Waals surface area contributed by atoms with Crippen LogP contribution in [0.3, 0.4) is 0 Å². The van der Waals surface area contributed by atoms with E-state index in [0.29, 0.717) is 18.1 Å². The smallest absolute Gasteiger partial charge is 0.329 e. The van der Waals surface area contributed by atoms with Crippen LogP contribution in [0.1, 0.15) is 0 Å². The number of aromatic nitrogens is 2. The summed E-state index contributed by atoms with van der Waals surface area (Å²) in [6, 6.07) is 5.54. The minimum absolute atomic E-state index is 0.0109. The summed E-state index contributed by atoms with van der Waals surface area (Å²) in [5.41, 5.74) is 1.77. The van der Waals surface area contributed by atoms with Crippen molar-refractivity contribution in [2.75, 3.05) is 13.2 Å². The Hall–Kier alpha value is -1.30. The summed E-state index contributed by atoms with van der Waals surface area (Å²) < 4.78 is 14.0. The number of ether oxygens (including phenoxy) is 2. The Balaban J connectivity index is 1.88. The molecule has 6 heteroatoms. The van der Waals surface area contributed by atoms with Crippen molar-refractivity contribution in [2.24, 2.45) is 0 Å². The standard InChI is InChI=1S/C13H13ClN2O3/c14-8-1-2-11-12(3-8)16(5-10-7-19-10)13(17)15(11)4-9-6-18-9/h1-3,9-10H,4-7H2. The van der Waals surface area contributed by atoms with Gasteiger partial charge in [-0.2, -0.15) is 0 Å². The maximum atomic E-state index is 12.5. The molecule has 19 heavy (non-hydrogen) atoms. The molecule has 100 valence electrons. The molecule has 2 aliphatic rings. The minimum atomic E-state index is -0.0109. The van der Waals surface area contributed by atoms with Crippen LogP contribution in [0.25, 0.3) is 11.0 Å². The molecule has 2 aliphatic heterocycles. The number of nitrogens with zero attached hydrogens (tertiary/aromatic N) is 2. The van der Waals surface area contributed by atoms with Crippen molar-refractivity contribution in [2.45, 2.75) is 25.3 Å². The van der Waals surface area contributed by atoms with Crippen LogP contribution in [0.15, 0.2) is 23.0 Å². The first kappa shape index (κ1) is 11.5. The first-order valence-corrected chi connectivity index (χ1v) is 6.72. The summed E-state index contributed by atoms with van der Waals surface area (Å²) in [5, 5.41) is 0.637. The summed E-state index contributed by atoms with van der Waals surface area (Å²) in [6.07, 6.45) is 0.331. The number of hydrogen-bond donors (Lipinski definition) is 0. The Kier molecular flexibility index (Phi) is 2.48. The van der Waals surface area contributed by atoms with E-state index in [1.807, 2.05) is 18.2 Å². The van der Waals surface area contributed by atoms with Gasteiger partial charge in [-0.25, -0.2) is 4.79 Å². The number of halogens is 1. The van der Waals surface area contributed by atoms with Gasteiger partial charge in [0.25, 0.3) is 0 Å². The number of epoxide rings is 2. The molecular weight excluding hydrogens is 268 g/mol. The van der Waals surface area contributed by atoms with E-state index in [9.17, 15) is 4.79 Å². The molecule has 3 heterocycles. The van der Waals surface area contributed by atoms with Gasteiger partial charge in [-0.3, -0.25) is 9.13 Å². The molecule has 2 saturated heterocycles. The van der Waals surface area contributed by atoms with Crippen molar-refractivity contribution >= 4 is 22.6 Å². The zero-order chi connectivity index (χ0) is 13.0. The number of imidazole rings is 1. The van der Waals surface area contributed by atoms with E-state index in [4.69, 9.17) is 21.1 Å². The molecule has 1 aromatic heterocycles. The lowest BCUT2D eigenvalue weighted by molar-refractivity contribution is 0.372. The second-order valence-electron chi connectivity index (χ2n) is 5.05. The van der Waals surface area contributed by atoms with E-state index < -0.39 is 0 Å². The van der Waals surface area contributed by atoms with Gasteiger partial charge in [0.2, 0.25) is 0 Å². The van der Waals surface area contributed by atoms with Gasteiger partial charge in [0, 0.05) is 5.02 Å². The largest absolute Gasteiger partial charge is 0.371 e. The summed E-state index contributed by atoms with van der Waals surface area (Å²) in [4.78, 5) is 12.5. The predicted molar refractivity (Wildman–Crippen MR) is 70.7 cm³/mol. The summed E-state index contributed by atoms with van der Waals surface area (Å²) in [6.45, 7) is 2.66. The van der Waals surface area contributed by atoms with E-state index in [2.05, 4.69) is 0 Å². The van der Waals surface area contributed by atoms with Gasteiger partial charge in [-0.05, 0) is 18.2 Å². The average molecular weight is 281 g/mol. The van der Waals surface area contributed by atoms with Gasteiger partial charge in [-0.1, -0.05) is 11.6 Å². The minimum Gasteiger partial charge on any atom is -0.371 e. The fourth-order valence-electron chi connectivity index (χ4n) is 2.40. The van der Waals surface area contributed by atoms with E-state index in [1.165, 1.54) is 0 Å². The normalized spacial score (nSPS) is 24.9. The molecule has 0 radical (unpaired) electrons. The Labute approximate surface area is 114 Å². The van der Waals surface area contributed by atoms with Crippen LogP contribution in [0.2, 0.25) is 5.02 Å². The summed E-state index contributed by atoms with van der Waals surface area (Å²) in [7, 11) is 0. The third-order valence-electron chi connectivity index (χ3n) is 3.56. The fraction of sp³-hybridized carbons (Fsp3) is 0.462. The lowest BCUT2D eigenvalue weighted by Crippen LogP contribution is -2.27. The van der Waals surface area contributed by atoms with E-state index in [-0.39, 0.29) is 17.9 Å². The molecule has 2 fully saturated rings. The van der Waals surface area contributed by atoms with Crippen molar-refractivity contribution < 1.29 is 9.47 Å². The fourth-order valence-corrected chi connectivity index (χ4v) is 2.57. The van der Waals surface area contributed by atoms with E-state index >= 15 is 0 Å². The highest BCUT2D eigenvalue weighted by Crippen LogP contribution is 2.22. The van der Waals surface area contributed by atoms with Crippen molar-refractivity contribution in [3.63, 3.8) is 0 Å². The van der Waals surface area contributed by atoms with Gasteiger partial charge in [-0.15, -0.1) is 0 Å². The monoisotopic (exact) mass is 280 g/mol. The van der Waals surface area contributed by atoms with Crippen molar-refractivity contribution in [1.29, 1.82) is 0 Å². The molecular formula is C13H13ClN2O3. The van der Waals surface area contributed by atoms with Crippen LogP contribution in [-0.4, -0.2) is 34.6 Å². The quantitative estimate of drug-likeness (QED) is 0.792. The topological polar surface area (TPSA) is 52.0 Å². The van der Waals surface area contributed by atoms with E-state index in [0.717, 1.165) is 24.2 Å². The Morgan fingerprint density at radius 2 is 1.68 bits per heavy atom. The van der Waals surface area contributed by atoms with Crippen LogP contribution in [0.5, 0.6) is 0 Å². The Morgan fingerprint density at radius 1 is 1.11 bits per heavy atom. The third kappa shape index (κ3) is 2.08. The van der Waals surface area contributed by atoms with Crippen LogP contribution < -0.4 is 5.69 Å². The first-order chi connectivity index (χ1) is 9.22. The molecule has 0 spiro atoms. The van der Waals surface area contributed by atoms with Crippen molar-refractivity contribution in [3.05, 3.63) is 33.7 Å². The second-order valence-corrected chi connectivity index (χ2v) is 5.48. The number of fused-ring (bicyclic) bond motifs is 1. The van der Waals surface area contributed by atoms with Gasteiger partial charge >= 0.3 is 5.69 Å². The van der Waals surface area contributed by atoms with E-state index in [1.54, 1.807) is 9.13 Å². The highest BCUT2D eigenvalue weighted by atomic mass is 35.5. The average Bonchev–Trinajstić information content (AvgIpc) is 3.27. The van der Waals surface area contributed by atoms with Crippen LogP contribution in [0, 0.1) is 0 Å². The molecule has 0 aliphatic carbocycles. The Morgan fingerprint density at radius 3 is 2.26 bits per heavy atom. The highest BCUT2D eigenvalue weighted by molar-refractivity contribution is 6.31. The number of hydrogen-bond acceptors (Lipinski definition) is 3. The summed E-state index contributed by atoms with van der Waals surface area (Å²) >= 11 is 6.04. The predicted octanol–water partition coefficient (Wildman–Crippen LogP) is 1.25. The second kappa shape index (κ2) is 4.10. The first-order valence-electron chi connectivity index (χ1n) is 6.34. The maximum Gasteiger partial charge on any atom is 0.329 e. The van der Waals surface area contributed by atoms with Gasteiger partial charge in [0.05, 0.1) is 49.5 Å². The lowest BCUT2D eigenvalue weighted by atomic mass is 10.3. The van der Waals surface area contributed by atoms with Crippen molar-refractivity contribution in [1.82, 2.24) is 9.13 Å². The molecule has 0 saturated carbocycles. The van der Waals surface area contributed by atoms with Crippen LogP contribution in [0.4, 0.5) is 0 Å². The SMILES string of the molecule is O=c1n(CC2CO2)c2ccc(Cl)cc2n1CC1CO1. The van der Waals surface area contributed by atoms with Crippen LogP contribution >= 0.6 is 11.6 Å². The maximum absolute atomic E-state index is 12.5. The molecule has 4 rings (SSSR count). The summed E-state index contributed by atoms with van der Waals surface area (Å²) in [5.74, 6) is 0. The molecule has 0 N–H and O–H groups in total. The highest BCUT2D eigenvalue weighted by Gasteiger charge is 2.28. The third-order valence-corrected chi connectivity index (χ3v) is 3.79. The number of benzene rings is 1. The van der Waals surface area contributed by atoms with Gasteiger partial charge in [0.1, 0.15) is 0 Å². The molecule has 5 nitrogen and oxygen atoms in total. The molecule has 0 bridgehead atoms. The zero-order valence-corrected chi connectivity index (χ0v) is 11.0. The lowest BCUT2D eigenvalue weighted by Gasteiger charge is -1.99. The molecule has 0 amide bonds. The zero-order valence-electron chi connectivity index (χ0n) is 10.2. The molecule has 2 aromatic rings. The number of rotatable bonds is 4. The molecule has 2 unspecified atom stereocenters. The molecule has 1 aromatic carbocycles. The van der Waals surface area contributed by atoms with Gasteiger partial charge < -0.3 is 9.47 Å². The van der Waals surface area contributed by atoms with Crippen LogP contribution in [-0.2, 0) is 22.6 Å². The Bertz CT molecular complexity index is 698. The van der Waals surface area contributed by atoms with Gasteiger partial charge in [0.15, 0.2) is 0 Å². The van der Waals surface area contributed by atoms with Crippen molar-refractivity contribution in [3.8, 4) is 0 Å². The molecule has 2 atom stereocenters.